The van der Waals surface area contributed by atoms with Crippen molar-refractivity contribution in [3.8, 4) is 0 Å². The van der Waals surface area contributed by atoms with Crippen LogP contribution in [0, 0.1) is 0 Å². The molecule has 1 rings (SSSR count). The summed E-state index contributed by atoms with van der Waals surface area (Å²) in [5.41, 5.74) is 0.735. The molecule has 0 radical (unpaired) electrons. The van der Waals surface area contributed by atoms with Crippen LogP contribution >= 0.6 is 7.52 Å². The van der Waals surface area contributed by atoms with Gasteiger partial charge in [-0.15, -0.1) is 0 Å². The molecule has 0 spiro atoms. The summed E-state index contributed by atoms with van der Waals surface area (Å²) in [6.07, 6.45) is -1.72. The zero-order valence-corrected chi connectivity index (χ0v) is 17.2. The summed E-state index contributed by atoms with van der Waals surface area (Å²) < 4.78 is 16.7. The summed E-state index contributed by atoms with van der Waals surface area (Å²) in [4.78, 5) is 45.7. The van der Waals surface area contributed by atoms with Gasteiger partial charge < -0.3 is 34.7 Å². The SMILES string of the molecule is C[C@H](NC(=O)[C@H](C)NP(=O)([O-])CNC(=O)OCc1ccccc1)C(=O)[O-].[Li+].[Li+]. The van der Waals surface area contributed by atoms with Crippen molar-refractivity contribution >= 4 is 25.5 Å². The van der Waals surface area contributed by atoms with E-state index < -0.39 is 43.9 Å². The number of ether oxygens (including phenoxy) is 1. The zero-order chi connectivity index (χ0) is 19.7. The Hall–Kier alpha value is -1.23. The number of hydrogen-bond donors (Lipinski definition) is 3. The first-order chi connectivity index (χ1) is 12.1. The second-order valence-corrected chi connectivity index (χ2v) is 7.39. The number of amides is 2. The van der Waals surface area contributed by atoms with Gasteiger partial charge in [0.15, 0.2) is 0 Å². The molecule has 2 amide bonds. The van der Waals surface area contributed by atoms with Crippen molar-refractivity contribution in [3.05, 3.63) is 35.9 Å². The summed E-state index contributed by atoms with van der Waals surface area (Å²) in [6.45, 7) is 2.39. The molecule has 0 heterocycles. The van der Waals surface area contributed by atoms with Gasteiger partial charge in [0.2, 0.25) is 5.91 Å². The van der Waals surface area contributed by atoms with Crippen LogP contribution in [0.3, 0.4) is 0 Å². The second kappa shape index (κ2) is 13.9. The molecule has 0 bridgehead atoms. The van der Waals surface area contributed by atoms with Gasteiger partial charge in [-0.25, -0.2) is 4.79 Å². The molecule has 28 heavy (non-hydrogen) atoms. The van der Waals surface area contributed by atoms with Crippen LogP contribution < -0.4 is 63.4 Å². The Labute approximate surface area is 187 Å². The number of nitrogens with one attached hydrogen (secondary N) is 3. The number of carbonyl (C=O) groups excluding carboxylic acids is 3. The number of carboxylic acid groups (broad SMARTS) is 1. The Bertz CT molecular complexity index is 693. The Kier molecular flexibility index (Phi) is 14.4. The third kappa shape index (κ3) is 11.6. The summed E-state index contributed by atoms with van der Waals surface area (Å²) >= 11 is 0. The zero-order valence-electron chi connectivity index (χ0n) is 16.3. The fourth-order valence-electron chi connectivity index (χ4n) is 1.74. The maximum Gasteiger partial charge on any atom is 1.00 e. The minimum absolute atomic E-state index is 0. The maximum absolute atomic E-state index is 11.9. The van der Waals surface area contributed by atoms with Crippen molar-refractivity contribution in [2.45, 2.75) is 32.5 Å². The topological polar surface area (TPSA) is 160 Å². The molecule has 1 aromatic carbocycles. The number of rotatable bonds is 9. The van der Waals surface area contributed by atoms with E-state index in [1.165, 1.54) is 13.8 Å². The molecule has 0 aromatic heterocycles. The largest absolute Gasteiger partial charge is 1.00 e. The third-order valence-electron chi connectivity index (χ3n) is 3.14. The molecule has 1 unspecified atom stereocenters. The number of benzene rings is 1. The van der Waals surface area contributed by atoms with Gasteiger partial charge >= 0.3 is 43.8 Å². The van der Waals surface area contributed by atoms with E-state index in [0.29, 0.717) is 0 Å². The number of hydrogen-bond acceptors (Lipinski definition) is 7. The molecule has 10 nitrogen and oxygen atoms in total. The Morgan fingerprint density at radius 2 is 1.68 bits per heavy atom. The predicted octanol–water partition coefficient (Wildman–Crippen LogP) is -7.34. The molecule has 0 saturated carbocycles. The first-order valence-electron chi connectivity index (χ1n) is 7.64. The molecule has 0 aliphatic rings. The minimum Gasteiger partial charge on any atom is -0.787 e. The van der Waals surface area contributed by atoms with Crippen LogP contribution in [0.2, 0.25) is 0 Å². The molecule has 144 valence electrons. The van der Waals surface area contributed by atoms with Crippen molar-refractivity contribution in [3.63, 3.8) is 0 Å². The number of aliphatic carboxylic acids is 1. The van der Waals surface area contributed by atoms with Crippen LogP contribution in [0.15, 0.2) is 30.3 Å². The van der Waals surface area contributed by atoms with Gasteiger partial charge in [-0.3, -0.25) is 9.88 Å². The number of carbonyl (C=O) groups is 3. The van der Waals surface area contributed by atoms with Crippen LogP contribution in [0.5, 0.6) is 0 Å². The smallest absolute Gasteiger partial charge is 0.787 e. The molecule has 1 aromatic rings. The van der Waals surface area contributed by atoms with E-state index in [1.54, 1.807) is 30.3 Å². The summed E-state index contributed by atoms with van der Waals surface area (Å²) in [6, 6.07) is 6.29. The van der Waals surface area contributed by atoms with Gasteiger partial charge in [0.05, 0.1) is 31.9 Å². The average Bonchev–Trinajstić information content (AvgIpc) is 2.58. The second-order valence-electron chi connectivity index (χ2n) is 5.47. The summed E-state index contributed by atoms with van der Waals surface area (Å²) in [5, 5.41) is 16.7. The van der Waals surface area contributed by atoms with Crippen LogP contribution in [-0.2, 0) is 25.5 Å². The molecule has 0 saturated heterocycles. The van der Waals surface area contributed by atoms with E-state index in [-0.39, 0.29) is 44.3 Å². The molecule has 3 N–H and O–H groups in total. The first kappa shape index (κ1) is 29.0. The van der Waals surface area contributed by atoms with E-state index in [4.69, 9.17) is 4.74 Å². The first-order valence-corrected chi connectivity index (χ1v) is 9.45. The van der Waals surface area contributed by atoms with E-state index in [0.717, 1.165) is 5.56 Å². The van der Waals surface area contributed by atoms with Gasteiger partial charge in [-0.05, 0) is 19.4 Å². The van der Waals surface area contributed by atoms with Gasteiger partial charge in [0.25, 0.3) is 0 Å². The quantitative estimate of drug-likeness (QED) is 0.273. The fourth-order valence-corrected chi connectivity index (χ4v) is 2.88. The Morgan fingerprint density at radius 1 is 1.11 bits per heavy atom. The molecule has 13 heteroatoms. The van der Waals surface area contributed by atoms with Crippen molar-refractivity contribution in [1.29, 1.82) is 0 Å². The maximum atomic E-state index is 11.9. The third-order valence-corrected chi connectivity index (χ3v) is 4.50. The van der Waals surface area contributed by atoms with E-state index in [2.05, 4.69) is 10.6 Å². The van der Waals surface area contributed by atoms with Gasteiger partial charge in [0.1, 0.15) is 6.61 Å². The van der Waals surface area contributed by atoms with Crippen LogP contribution in [-0.4, -0.2) is 36.3 Å². The average molecular weight is 399 g/mol. The van der Waals surface area contributed by atoms with E-state index in [1.807, 2.05) is 5.09 Å². The number of carboxylic acids is 1. The molecular formula is C15H20Li2N3O7P. The van der Waals surface area contributed by atoms with Gasteiger partial charge in [-0.2, -0.15) is 0 Å². The van der Waals surface area contributed by atoms with E-state index >= 15 is 0 Å². The van der Waals surface area contributed by atoms with E-state index in [9.17, 15) is 28.9 Å². The van der Waals surface area contributed by atoms with Crippen molar-refractivity contribution in [1.82, 2.24) is 15.7 Å². The number of alkyl carbamates (subject to hydrolysis) is 1. The predicted molar refractivity (Wildman–Crippen MR) is 87.4 cm³/mol. The molecular weight excluding hydrogens is 379 g/mol. The normalized spacial score (nSPS) is 14.1. The standard InChI is InChI=1S/C15H22N3O7P.2Li/c1-10(13(19)17-11(2)14(20)21)18-26(23,24)9-16-15(22)25-8-12-6-4-3-5-7-12;;/h3-7,10-11H,8-9H2,1-2H3,(H,16,22)(H,17,19)(H,20,21)(H2,18,23,24);;/q;2*+1/p-2/t10-,11-;;/m0../s1. The summed E-state index contributed by atoms with van der Waals surface area (Å²) in [7, 11) is -4.36. The molecule has 0 fully saturated rings. The van der Waals surface area contributed by atoms with Gasteiger partial charge in [-0.1, -0.05) is 30.3 Å². The minimum atomic E-state index is -4.36. The molecule has 0 aliphatic heterocycles. The summed E-state index contributed by atoms with van der Waals surface area (Å²) in [5.74, 6) is -2.34. The fraction of sp³-hybridized carbons (Fsp3) is 0.400. The van der Waals surface area contributed by atoms with Crippen molar-refractivity contribution in [2.24, 2.45) is 0 Å². The van der Waals surface area contributed by atoms with Crippen molar-refractivity contribution in [2.75, 3.05) is 6.29 Å². The monoisotopic (exact) mass is 399 g/mol. The Balaban J connectivity index is 0. The molecule has 0 aliphatic carbocycles. The van der Waals surface area contributed by atoms with Crippen molar-refractivity contribution < 1.29 is 71.4 Å². The van der Waals surface area contributed by atoms with Crippen LogP contribution in [0.1, 0.15) is 19.4 Å². The van der Waals surface area contributed by atoms with Gasteiger partial charge in [0, 0.05) is 0 Å². The van der Waals surface area contributed by atoms with Crippen LogP contribution in [0.4, 0.5) is 4.79 Å². The van der Waals surface area contributed by atoms with Crippen LogP contribution in [0.25, 0.3) is 0 Å². The molecule has 3 atom stereocenters. The Morgan fingerprint density at radius 3 is 2.21 bits per heavy atom.